The molecule has 220 valence electrons. The summed E-state index contributed by atoms with van der Waals surface area (Å²) in [5, 5.41) is 2.88. The maximum Gasteiger partial charge on any atom is 0.264 e. The molecule has 0 unspecified atom stereocenters. The van der Waals surface area contributed by atoms with Gasteiger partial charge in [-0.05, 0) is 55.3 Å². The first-order chi connectivity index (χ1) is 19.6. The molecule has 0 saturated carbocycles. The second-order valence-corrected chi connectivity index (χ2v) is 12.1. The van der Waals surface area contributed by atoms with E-state index in [1.54, 1.807) is 37.3 Å². The highest BCUT2D eigenvalue weighted by Crippen LogP contribution is 2.34. The monoisotopic (exact) mass is 645 g/mol. The second kappa shape index (κ2) is 14.9. The number of benzene rings is 3. The number of nitrogens with one attached hydrogen (secondary N) is 1. The average Bonchev–Trinajstić information content (AvgIpc) is 2.99. The van der Waals surface area contributed by atoms with Gasteiger partial charge in [-0.25, -0.2) is 8.42 Å². The van der Waals surface area contributed by atoms with E-state index in [9.17, 15) is 18.0 Å². The summed E-state index contributed by atoms with van der Waals surface area (Å²) < 4.78 is 40.5. The van der Waals surface area contributed by atoms with E-state index in [-0.39, 0.29) is 23.0 Å². The van der Waals surface area contributed by atoms with Gasteiger partial charge in [0, 0.05) is 23.6 Å². The molecular weight excluding hydrogens is 610 g/mol. The maximum absolute atomic E-state index is 14.0. The molecule has 3 rings (SSSR count). The third-order valence-electron chi connectivity index (χ3n) is 6.53. The predicted octanol–water partition coefficient (Wildman–Crippen LogP) is 5.00. The molecule has 0 saturated heterocycles. The van der Waals surface area contributed by atoms with Crippen LogP contribution in [0.25, 0.3) is 0 Å². The van der Waals surface area contributed by atoms with Crippen molar-refractivity contribution in [1.82, 2.24) is 10.2 Å². The van der Waals surface area contributed by atoms with E-state index in [4.69, 9.17) is 9.47 Å². The van der Waals surface area contributed by atoms with E-state index in [1.807, 2.05) is 31.2 Å². The molecular formula is C30H36BrN3O6S. The highest BCUT2D eigenvalue weighted by atomic mass is 79.9. The first-order valence-corrected chi connectivity index (χ1v) is 15.5. The van der Waals surface area contributed by atoms with Crippen molar-refractivity contribution in [1.29, 1.82) is 0 Å². The minimum absolute atomic E-state index is 0.0207. The van der Waals surface area contributed by atoms with Gasteiger partial charge in [-0.2, -0.15) is 0 Å². The average molecular weight is 647 g/mol. The van der Waals surface area contributed by atoms with Crippen molar-refractivity contribution in [2.24, 2.45) is 0 Å². The summed E-state index contributed by atoms with van der Waals surface area (Å²) in [6.45, 7) is 3.72. The zero-order valence-corrected chi connectivity index (χ0v) is 26.1. The molecule has 3 aromatic carbocycles. The van der Waals surface area contributed by atoms with Crippen LogP contribution in [0.1, 0.15) is 32.3 Å². The van der Waals surface area contributed by atoms with E-state index >= 15 is 0 Å². The van der Waals surface area contributed by atoms with Crippen LogP contribution in [-0.2, 0) is 26.2 Å². The Bertz CT molecular complexity index is 1420. The number of anilines is 1. The van der Waals surface area contributed by atoms with Crippen LogP contribution in [0.3, 0.4) is 0 Å². The maximum atomic E-state index is 14.0. The number of halogens is 1. The van der Waals surface area contributed by atoms with Gasteiger partial charge >= 0.3 is 0 Å². The standard InChI is InChI=1S/C30H36BrN3O6S/c1-5-6-18-32-30(36)22(2)33(20-23-12-14-24(31)15-13-23)29(35)21-34(41(37,38)26-10-8-7-9-11-26)25-16-17-27(39-3)28(19-25)40-4/h7-17,19,22H,5-6,18,20-21H2,1-4H3,(H,32,36)/t22-/m1/s1. The Kier molecular flexibility index (Phi) is 11.6. The minimum atomic E-state index is -4.19. The van der Waals surface area contributed by atoms with Crippen molar-refractivity contribution in [3.8, 4) is 11.5 Å². The lowest BCUT2D eigenvalue weighted by Crippen LogP contribution is -2.51. The number of carbonyl (C=O) groups is 2. The van der Waals surface area contributed by atoms with E-state index in [2.05, 4.69) is 21.2 Å². The van der Waals surface area contributed by atoms with Crippen LogP contribution in [0.5, 0.6) is 11.5 Å². The summed E-state index contributed by atoms with van der Waals surface area (Å²) in [5.41, 5.74) is 1.00. The number of sulfonamides is 1. The van der Waals surface area contributed by atoms with Crippen molar-refractivity contribution in [2.45, 2.75) is 44.2 Å². The second-order valence-electron chi connectivity index (χ2n) is 9.33. The molecule has 11 heteroatoms. The number of methoxy groups -OCH3 is 2. The zero-order valence-electron chi connectivity index (χ0n) is 23.7. The van der Waals surface area contributed by atoms with Crippen LogP contribution in [0.2, 0.25) is 0 Å². The van der Waals surface area contributed by atoms with Crippen molar-refractivity contribution in [3.63, 3.8) is 0 Å². The van der Waals surface area contributed by atoms with Crippen molar-refractivity contribution < 1.29 is 27.5 Å². The first-order valence-electron chi connectivity index (χ1n) is 13.2. The number of hydrogen-bond donors (Lipinski definition) is 1. The topological polar surface area (TPSA) is 105 Å². The molecule has 0 aliphatic carbocycles. The van der Waals surface area contributed by atoms with Crippen LogP contribution in [0.15, 0.2) is 82.2 Å². The van der Waals surface area contributed by atoms with E-state index in [0.29, 0.717) is 18.0 Å². The van der Waals surface area contributed by atoms with Crippen molar-refractivity contribution >= 4 is 43.5 Å². The number of hydrogen-bond acceptors (Lipinski definition) is 6. The van der Waals surface area contributed by atoms with Crippen LogP contribution in [0.4, 0.5) is 5.69 Å². The van der Waals surface area contributed by atoms with Gasteiger partial charge in [-0.3, -0.25) is 13.9 Å². The lowest BCUT2D eigenvalue weighted by molar-refractivity contribution is -0.139. The Balaban J connectivity index is 2.04. The smallest absolute Gasteiger partial charge is 0.264 e. The highest BCUT2D eigenvalue weighted by molar-refractivity contribution is 9.10. The molecule has 0 spiro atoms. The Morgan fingerprint density at radius 3 is 2.22 bits per heavy atom. The third kappa shape index (κ3) is 8.23. The number of amides is 2. The Labute approximate surface area is 250 Å². The molecule has 0 fully saturated rings. The van der Waals surface area contributed by atoms with Crippen molar-refractivity contribution in [3.05, 3.63) is 82.8 Å². The van der Waals surface area contributed by atoms with Crippen LogP contribution < -0.4 is 19.1 Å². The first kappa shape index (κ1) is 32.0. The van der Waals surface area contributed by atoms with Gasteiger partial charge in [0.1, 0.15) is 12.6 Å². The van der Waals surface area contributed by atoms with Crippen LogP contribution in [0, 0.1) is 0 Å². The summed E-state index contributed by atoms with van der Waals surface area (Å²) >= 11 is 3.42. The third-order valence-corrected chi connectivity index (χ3v) is 8.84. The largest absolute Gasteiger partial charge is 0.493 e. The number of nitrogens with zero attached hydrogens (tertiary/aromatic N) is 2. The summed E-state index contributed by atoms with van der Waals surface area (Å²) in [6, 6.07) is 19.1. The number of unbranched alkanes of at least 4 members (excludes halogenated alkanes) is 1. The van der Waals surface area contributed by atoms with Gasteiger partial charge in [-0.1, -0.05) is 59.6 Å². The molecule has 0 aliphatic heterocycles. The number of carbonyl (C=O) groups excluding carboxylic acids is 2. The Hall–Kier alpha value is -3.57. The zero-order chi connectivity index (χ0) is 30.0. The summed E-state index contributed by atoms with van der Waals surface area (Å²) in [5.74, 6) is -0.136. The van der Waals surface area contributed by atoms with Gasteiger partial charge < -0.3 is 19.7 Å². The molecule has 0 aliphatic rings. The Morgan fingerprint density at radius 2 is 1.61 bits per heavy atom. The molecule has 0 bridgehead atoms. The molecule has 0 heterocycles. The lowest BCUT2D eigenvalue weighted by Gasteiger charge is -2.32. The van der Waals surface area contributed by atoms with Crippen molar-refractivity contribution in [2.75, 3.05) is 31.6 Å². The molecule has 1 atom stereocenters. The van der Waals surface area contributed by atoms with E-state index in [0.717, 1.165) is 27.2 Å². The molecule has 3 aromatic rings. The molecule has 0 radical (unpaired) electrons. The molecule has 1 N–H and O–H groups in total. The van der Waals surface area contributed by atoms with Gasteiger partial charge in [-0.15, -0.1) is 0 Å². The van der Waals surface area contributed by atoms with Crippen LogP contribution >= 0.6 is 15.9 Å². The quantitative estimate of drug-likeness (QED) is 0.248. The van der Waals surface area contributed by atoms with Crippen LogP contribution in [-0.4, -0.2) is 58.5 Å². The van der Waals surface area contributed by atoms with E-state index < -0.39 is 28.5 Å². The normalized spacial score (nSPS) is 11.8. The van der Waals surface area contributed by atoms with Gasteiger partial charge in [0.25, 0.3) is 10.0 Å². The fourth-order valence-corrected chi connectivity index (χ4v) is 5.83. The molecule has 0 aromatic heterocycles. The number of ether oxygens (including phenoxy) is 2. The number of rotatable bonds is 14. The fourth-order valence-electron chi connectivity index (χ4n) is 4.13. The molecule has 41 heavy (non-hydrogen) atoms. The Morgan fingerprint density at radius 1 is 0.951 bits per heavy atom. The molecule has 2 amide bonds. The fraction of sp³-hybridized carbons (Fsp3) is 0.333. The summed E-state index contributed by atoms with van der Waals surface area (Å²) in [6.07, 6.45) is 1.72. The lowest BCUT2D eigenvalue weighted by atomic mass is 10.1. The van der Waals surface area contributed by atoms with Gasteiger partial charge in [0.05, 0.1) is 24.8 Å². The SMILES string of the molecule is CCCCNC(=O)[C@@H](C)N(Cc1ccc(Br)cc1)C(=O)CN(c1ccc(OC)c(OC)c1)S(=O)(=O)c1ccccc1. The summed E-state index contributed by atoms with van der Waals surface area (Å²) in [4.78, 5) is 28.5. The molecule has 9 nitrogen and oxygen atoms in total. The van der Waals surface area contributed by atoms with E-state index in [1.165, 1.54) is 37.3 Å². The van der Waals surface area contributed by atoms with Gasteiger partial charge in [0.15, 0.2) is 11.5 Å². The minimum Gasteiger partial charge on any atom is -0.493 e. The summed E-state index contributed by atoms with van der Waals surface area (Å²) in [7, 11) is -1.26. The predicted molar refractivity (Wildman–Crippen MR) is 163 cm³/mol. The highest BCUT2D eigenvalue weighted by Gasteiger charge is 2.33. The van der Waals surface area contributed by atoms with Gasteiger partial charge in [0.2, 0.25) is 11.8 Å².